The molecule has 0 spiro atoms. The van der Waals surface area contributed by atoms with Gasteiger partial charge in [0, 0.05) is 35.8 Å². The molecular weight excluding hydrogens is 973 g/mol. The van der Waals surface area contributed by atoms with E-state index < -0.39 is 76.3 Å². The molecule has 0 aromatic rings. The Morgan fingerprint density at radius 2 is 0.840 bits per heavy atom. The highest BCUT2D eigenvalue weighted by Gasteiger charge is 2.63. The second-order valence-electron chi connectivity index (χ2n) is 26.6. The molecule has 2 heterocycles. The molecule has 8 unspecified atom stereocenters. The van der Waals surface area contributed by atoms with Crippen molar-refractivity contribution in [1.29, 1.82) is 0 Å². The van der Waals surface area contributed by atoms with Crippen LogP contribution in [0.15, 0.2) is 24.3 Å². The van der Waals surface area contributed by atoms with Crippen molar-refractivity contribution in [2.75, 3.05) is 19.8 Å². The summed E-state index contributed by atoms with van der Waals surface area (Å²) in [5.74, 6) is -1.75. The van der Waals surface area contributed by atoms with Crippen LogP contribution in [0.1, 0.15) is 186 Å². The first-order valence-corrected chi connectivity index (χ1v) is 27.2. The number of carbonyl (C=O) groups excluding carboxylic acids is 6. The van der Waals surface area contributed by atoms with Crippen molar-refractivity contribution in [2.24, 2.45) is 29.1 Å². The molecule has 8 saturated carbocycles. The Morgan fingerprint density at radius 1 is 0.480 bits per heavy atom. The van der Waals surface area contributed by atoms with Crippen molar-refractivity contribution in [2.45, 2.75) is 250 Å². The lowest BCUT2D eigenvalue weighted by molar-refractivity contribution is -0.305. The van der Waals surface area contributed by atoms with E-state index in [1.807, 2.05) is 41.5 Å². The van der Waals surface area contributed by atoms with Crippen LogP contribution in [0.5, 0.6) is 0 Å². The van der Waals surface area contributed by atoms with Crippen LogP contribution in [0.4, 0.5) is 9.59 Å². The second kappa shape index (κ2) is 21.9. The van der Waals surface area contributed by atoms with E-state index in [4.69, 9.17) is 56.8 Å². The van der Waals surface area contributed by atoms with Gasteiger partial charge < -0.3 is 56.8 Å². The highest BCUT2D eigenvalue weighted by molar-refractivity contribution is 5.87. The van der Waals surface area contributed by atoms with Gasteiger partial charge in [0.1, 0.15) is 41.2 Å². The van der Waals surface area contributed by atoms with Crippen molar-refractivity contribution in [3.63, 3.8) is 0 Å². The van der Waals surface area contributed by atoms with E-state index in [1.165, 1.54) is 0 Å². The van der Waals surface area contributed by atoms with Crippen LogP contribution >= 0.6 is 0 Å². The van der Waals surface area contributed by atoms with E-state index in [-0.39, 0.29) is 55.3 Å². The molecule has 18 nitrogen and oxygen atoms in total. The molecule has 8 aliphatic carbocycles. The first kappa shape index (κ1) is 58.4. The normalized spacial score (nSPS) is 35.6. The molecule has 8 atom stereocenters. The Morgan fingerprint density at radius 3 is 1.23 bits per heavy atom. The second-order valence-corrected chi connectivity index (χ2v) is 26.6. The Balaban J connectivity index is 0.000000219. The SMILES string of the molecule is C=C(C)C(=O)OC12CC3CC(CC(OC(=O)OCC4CC(CC(=O)OC(C)(C)C)OC(C)(C)O4)(C3)C1)C2.C=C(C)C(=O)OCC12CC3CC(C1)CC(OC(=O)OCC1CC(CC(=O)OC(C)(C)C)OC(C)(C)O1)(C3)C2. The summed E-state index contributed by atoms with van der Waals surface area (Å²) < 4.78 is 69.2. The summed E-state index contributed by atoms with van der Waals surface area (Å²) in [5.41, 5.74) is -2.46. The van der Waals surface area contributed by atoms with Crippen LogP contribution in [-0.2, 0) is 76.0 Å². The van der Waals surface area contributed by atoms with Gasteiger partial charge in [0.15, 0.2) is 11.6 Å². The average Bonchev–Trinajstić information content (AvgIpc) is 3.20. The van der Waals surface area contributed by atoms with Crippen LogP contribution in [0, 0.1) is 29.1 Å². The van der Waals surface area contributed by atoms with Gasteiger partial charge in [-0.05, 0) is 177 Å². The number of hydrogen-bond acceptors (Lipinski definition) is 18. The summed E-state index contributed by atoms with van der Waals surface area (Å²) in [6, 6.07) is 0. The highest BCUT2D eigenvalue weighted by Crippen LogP contribution is 2.63. The quantitative estimate of drug-likeness (QED) is 0.0847. The molecule has 2 saturated heterocycles. The topological polar surface area (TPSA) is 213 Å². The highest BCUT2D eigenvalue weighted by atomic mass is 16.8. The van der Waals surface area contributed by atoms with Crippen molar-refractivity contribution in [1.82, 2.24) is 0 Å². The minimum atomic E-state index is -0.942. The summed E-state index contributed by atoms with van der Waals surface area (Å²) in [6.07, 6.45) is 7.80. The van der Waals surface area contributed by atoms with Gasteiger partial charge in [-0.15, -0.1) is 0 Å². The third-order valence-electron chi connectivity index (χ3n) is 15.5. The number of ether oxygens (including phenoxy) is 12. The maximum atomic E-state index is 12.9. The minimum Gasteiger partial charge on any atom is -0.462 e. The summed E-state index contributed by atoms with van der Waals surface area (Å²) in [4.78, 5) is 74.8. The number of hydrogen-bond donors (Lipinski definition) is 0. The van der Waals surface area contributed by atoms with E-state index in [0.29, 0.717) is 67.1 Å². The van der Waals surface area contributed by atoms with Crippen LogP contribution < -0.4 is 0 Å². The van der Waals surface area contributed by atoms with Crippen LogP contribution in [0.25, 0.3) is 0 Å². The average molecular weight is 1060 g/mol. The molecule has 10 aliphatic rings. The van der Waals surface area contributed by atoms with Crippen LogP contribution in [-0.4, -0.2) is 120 Å². The molecule has 0 radical (unpaired) electrons. The van der Waals surface area contributed by atoms with Gasteiger partial charge in [-0.25, -0.2) is 19.2 Å². The zero-order chi connectivity index (χ0) is 55.2. The largest absolute Gasteiger partial charge is 0.508 e. The van der Waals surface area contributed by atoms with E-state index in [9.17, 15) is 28.8 Å². The first-order chi connectivity index (χ1) is 34.6. The smallest absolute Gasteiger partial charge is 0.462 e. The zero-order valence-corrected chi connectivity index (χ0v) is 46.8. The summed E-state index contributed by atoms with van der Waals surface area (Å²) in [5, 5.41) is 0. The number of carbonyl (C=O) groups is 6. The van der Waals surface area contributed by atoms with E-state index in [0.717, 1.165) is 64.2 Å². The predicted octanol–water partition coefficient (Wildman–Crippen LogP) is 10.2. The van der Waals surface area contributed by atoms with Gasteiger partial charge in [0.2, 0.25) is 0 Å². The molecule has 422 valence electrons. The number of rotatable bonds is 15. The lowest BCUT2D eigenvalue weighted by Gasteiger charge is -2.60. The van der Waals surface area contributed by atoms with Crippen LogP contribution in [0.2, 0.25) is 0 Å². The third kappa shape index (κ3) is 16.2. The predicted molar refractivity (Wildman–Crippen MR) is 269 cm³/mol. The lowest BCUT2D eigenvalue weighted by Crippen LogP contribution is -2.61. The summed E-state index contributed by atoms with van der Waals surface area (Å²) >= 11 is 0. The fourth-order valence-electron chi connectivity index (χ4n) is 14.4. The monoisotopic (exact) mass is 1060 g/mol. The van der Waals surface area contributed by atoms with Gasteiger partial charge in [0.25, 0.3) is 0 Å². The number of esters is 4. The molecule has 10 fully saturated rings. The van der Waals surface area contributed by atoms with Crippen LogP contribution in [0.3, 0.4) is 0 Å². The van der Waals surface area contributed by atoms with Gasteiger partial charge in [0.05, 0.1) is 43.9 Å². The first-order valence-electron chi connectivity index (χ1n) is 27.2. The Bertz CT molecular complexity index is 2150. The molecule has 18 heteroatoms. The van der Waals surface area contributed by atoms with Crippen molar-refractivity contribution >= 4 is 36.2 Å². The Labute approximate surface area is 443 Å². The molecule has 0 N–H and O–H groups in total. The molecule has 75 heavy (non-hydrogen) atoms. The maximum Gasteiger partial charge on any atom is 0.508 e. The molecule has 2 aliphatic heterocycles. The molecule has 0 amide bonds. The zero-order valence-electron chi connectivity index (χ0n) is 46.8. The minimum absolute atomic E-state index is 0.000740. The van der Waals surface area contributed by atoms with E-state index in [2.05, 4.69) is 13.2 Å². The lowest BCUT2D eigenvalue weighted by atomic mass is 9.48. The maximum absolute atomic E-state index is 12.9. The Hall–Kier alpha value is -4.26. The summed E-state index contributed by atoms with van der Waals surface area (Å²) in [6.45, 7) is 29.0. The molecular formula is C57H86O18. The molecule has 8 bridgehead atoms. The van der Waals surface area contributed by atoms with Crippen molar-refractivity contribution < 1.29 is 85.6 Å². The van der Waals surface area contributed by atoms with Gasteiger partial charge in [-0.2, -0.15) is 0 Å². The third-order valence-corrected chi connectivity index (χ3v) is 15.5. The summed E-state index contributed by atoms with van der Waals surface area (Å²) in [7, 11) is 0. The van der Waals surface area contributed by atoms with Gasteiger partial charge >= 0.3 is 36.2 Å². The van der Waals surface area contributed by atoms with E-state index >= 15 is 0 Å². The standard InChI is InChI=1S/C29H44O9.C28H42O9/c1-18(2)24(31)34-17-28-11-19-8-20(12-28)14-29(13-19,16-28)38-25(32)33-15-22-9-21(35-27(6,7)36-22)10-23(30)37-26(3,4)5;1-17(2)23(30)36-27-11-18-8-19(12-27)14-28(13-18,16-27)37-24(31)32-15-21-9-20(33-26(6,7)34-21)10-22(29)35-25(3,4)5/h19-22H,1,8-17H2,2-7H3;18-21H,1,8-16H2,2-7H3. The van der Waals surface area contributed by atoms with Crippen molar-refractivity contribution in [3.8, 4) is 0 Å². The van der Waals surface area contributed by atoms with Crippen molar-refractivity contribution in [3.05, 3.63) is 24.3 Å². The Kier molecular flexibility index (Phi) is 17.0. The van der Waals surface area contributed by atoms with Gasteiger partial charge in [-0.3, -0.25) is 9.59 Å². The molecule has 0 aromatic carbocycles. The molecule has 0 aromatic heterocycles. The fourth-order valence-corrected chi connectivity index (χ4v) is 14.4. The van der Waals surface area contributed by atoms with E-state index in [1.54, 1.807) is 41.5 Å². The van der Waals surface area contributed by atoms with Gasteiger partial charge in [-0.1, -0.05) is 13.2 Å². The molecule has 10 rings (SSSR count). The fraction of sp³-hybridized carbons (Fsp3) is 0.825.